The third-order valence-electron chi connectivity index (χ3n) is 2.48. The van der Waals surface area contributed by atoms with Crippen LogP contribution in [0.2, 0.25) is 0 Å². The summed E-state index contributed by atoms with van der Waals surface area (Å²) in [7, 11) is 0. The number of nitro benzene ring substituents is 1. The van der Waals surface area contributed by atoms with Gasteiger partial charge >= 0.3 is 5.97 Å². The number of benzene rings is 1. The monoisotopic (exact) mass is 246 g/mol. The van der Waals surface area contributed by atoms with Gasteiger partial charge in [0.25, 0.3) is 5.69 Å². The standard InChI is InChI=1S/C12H10N2O4/c15-12(16)10-4-5-13(8-10)7-9-2-1-3-11(6-9)14(17)18/h1-6,8H,7H2,(H,15,16). The van der Waals surface area contributed by atoms with Crippen molar-refractivity contribution in [2.24, 2.45) is 0 Å². The fourth-order valence-electron chi connectivity index (χ4n) is 1.64. The van der Waals surface area contributed by atoms with Crippen molar-refractivity contribution in [3.05, 3.63) is 64.0 Å². The van der Waals surface area contributed by atoms with Gasteiger partial charge in [-0.1, -0.05) is 12.1 Å². The highest BCUT2D eigenvalue weighted by Gasteiger charge is 2.07. The van der Waals surface area contributed by atoms with Gasteiger partial charge in [0.1, 0.15) is 0 Å². The Morgan fingerprint density at radius 2 is 2.17 bits per heavy atom. The van der Waals surface area contributed by atoms with E-state index in [1.54, 1.807) is 22.9 Å². The number of nitrogens with zero attached hydrogens (tertiary/aromatic N) is 2. The minimum absolute atomic E-state index is 0.0260. The summed E-state index contributed by atoms with van der Waals surface area (Å²) < 4.78 is 1.67. The first-order valence-electron chi connectivity index (χ1n) is 5.18. The Balaban J connectivity index is 2.20. The van der Waals surface area contributed by atoms with E-state index < -0.39 is 10.9 Å². The predicted molar refractivity (Wildman–Crippen MR) is 63.6 cm³/mol. The van der Waals surface area contributed by atoms with Crippen LogP contribution < -0.4 is 0 Å². The molecule has 6 heteroatoms. The lowest BCUT2D eigenvalue weighted by atomic mass is 10.2. The lowest BCUT2D eigenvalue weighted by molar-refractivity contribution is -0.384. The summed E-state index contributed by atoms with van der Waals surface area (Å²) in [6, 6.07) is 7.74. The molecule has 1 heterocycles. The van der Waals surface area contributed by atoms with E-state index in [0.717, 1.165) is 5.56 Å². The topological polar surface area (TPSA) is 85.4 Å². The number of rotatable bonds is 4. The van der Waals surface area contributed by atoms with Crippen LogP contribution in [0.5, 0.6) is 0 Å². The van der Waals surface area contributed by atoms with Crippen LogP contribution in [0.25, 0.3) is 0 Å². The highest BCUT2D eigenvalue weighted by molar-refractivity contribution is 5.87. The molecule has 2 rings (SSSR count). The van der Waals surface area contributed by atoms with Gasteiger partial charge in [0.2, 0.25) is 0 Å². The Morgan fingerprint density at radius 1 is 1.39 bits per heavy atom. The largest absolute Gasteiger partial charge is 0.478 e. The zero-order chi connectivity index (χ0) is 13.1. The molecule has 1 aromatic heterocycles. The quantitative estimate of drug-likeness (QED) is 0.661. The molecular weight excluding hydrogens is 236 g/mol. The molecule has 18 heavy (non-hydrogen) atoms. The molecule has 0 bridgehead atoms. The smallest absolute Gasteiger partial charge is 0.337 e. The molecular formula is C12H10N2O4. The molecule has 2 aromatic rings. The molecule has 0 spiro atoms. The summed E-state index contributed by atoms with van der Waals surface area (Å²) in [6.07, 6.45) is 3.11. The van der Waals surface area contributed by atoms with Crippen molar-refractivity contribution in [1.29, 1.82) is 0 Å². The first kappa shape index (κ1) is 11.8. The number of aromatic carboxylic acids is 1. The van der Waals surface area contributed by atoms with Crippen molar-refractivity contribution in [2.45, 2.75) is 6.54 Å². The van der Waals surface area contributed by atoms with Gasteiger partial charge in [-0.3, -0.25) is 10.1 Å². The van der Waals surface area contributed by atoms with Crippen molar-refractivity contribution >= 4 is 11.7 Å². The molecule has 1 N–H and O–H groups in total. The SMILES string of the molecule is O=C(O)c1ccn(Cc2cccc([N+](=O)[O-])c2)c1. The van der Waals surface area contributed by atoms with Gasteiger partial charge in [-0.2, -0.15) is 0 Å². The molecule has 0 aliphatic rings. The fraction of sp³-hybridized carbons (Fsp3) is 0.0833. The second kappa shape index (κ2) is 4.70. The molecule has 0 saturated carbocycles. The third-order valence-corrected chi connectivity index (χ3v) is 2.48. The summed E-state index contributed by atoms with van der Waals surface area (Å²) in [5.74, 6) is -0.993. The summed E-state index contributed by atoms with van der Waals surface area (Å²) in [5.41, 5.74) is 0.968. The number of hydrogen-bond acceptors (Lipinski definition) is 3. The van der Waals surface area contributed by atoms with Crippen LogP contribution in [0.15, 0.2) is 42.7 Å². The molecule has 0 radical (unpaired) electrons. The van der Waals surface area contributed by atoms with Crippen LogP contribution >= 0.6 is 0 Å². The molecule has 0 atom stereocenters. The van der Waals surface area contributed by atoms with Gasteiger partial charge < -0.3 is 9.67 Å². The normalized spacial score (nSPS) is 10.2. The fourth-order valence-corrected chi connectivity index (χ4v) is 1.64. The Morgan fingerprint density at radius 3 is 2.78 bits per heavy atom. The summed E-state index contributed by atoms with van der Waals surface area (Å²) in [6.45, 7) is 0.398. The Kier molecular flexibility index (Phi) is 3.09. The van der Waals surface area contributed by atoms with Crippen LogP contribution in [0.4, 0.5) is 5.69 Å². The van der Waals surface area contributed by atoms with E-state index in [1.807, 2.05) is 0 Å². The van der Waals surface area contributed by atoms with Crippen LogP contribution in [0.3, 0.4) is 0 Å². The predicted octanol–water partition coefficient (Wildman–Crippen LogP) is 2.14. The molecule has 0 aliphatic carbocycles. The zero-order valence-electron chi connectivity index (χ0n) is 9.31. The highest BCUT2D eigenvalue weighted by atomic mass is 16.6. The second-order valence-electron chi connectivity index (χ2n) is 3.80. The number of nitro groups is 1. The average Bonchev–Trinajstić information content (AvgIpc) is 2.78. The van der Waals surface area contributed by atoms with Crippen LogP contribution in [0, 0.1) is 10.1 Å². The minimum Gasteiger partial charge on any atom is -0.478 e. The molecule has 0 saturated heterocycles. The number of carbonyl (C=O) groups is 1. The van der Waals surface area contributed by atoms with Gasteiger partial charge in [0.15, 0.2) is 0 Å². The van der Waals surface area contributed by atoms with E-state index in [4.69, 9.17) is 5.11 Å². The van der Waals surface area contributed by atoms with Crippen molar-refractivity contribution in [3.8, 4) is 0 Å². The first-order chi connectivity index (χ1) is 8.56. The van der Waals surface area contributed by atoms with Crippen molar-refractivity contribution in [3.63, 3.8) is 0 Å². The number of aromatic nitrogens is 1. The van der Waals surface area contributed by atoms with Crippen molar-refractivity contribution < 1.29 is 14.8 Å². The Hall–Kier alpha value is -2.63. The molecule has 1 aromatic carbocycles. The van der Waals surface area contributed by atoms with Gasteiger partial charge in [0, 0.05) is 31.1 Å². The van der Waals surface area contributed by atoms with E-state index >= 15 is 0 Å². The zero-order valence-corrected chi connectivity index (χ0v) is 9.31. The lowest BCUT2D eigenvalue weighted by Crippen LogP contribution is -1.99. The highest BCUT2D eigenvalue weighted by Crippen LogP contribution is 2.14. The molecule has 0 amide bonds. The van der Waals surface area contributed by atoms with Gasteiger partial charge in [-0.25, -0.2) is 4.79 Å². The Labute approximate surface area is 102 Å². The average molecular weight is 246 g/mol. The van der Waals surface area contributed by atoms with Crippen LogP contribution in [-0.2, 0) is 6.54 Å². The van der Waals surface area contributed by atoms with Gasteiger partial charge in [-0.15, -0.1) is 0 Å². The van der Waals surface area contributed by atoms with Crippen LogP contribution in [-0.4, -0.2) is 20.6 Å². The lowest BCUT2D eigenvalue weighted by Gasteiger charge is -2.02. The maximum absolute atomic E-state index is 10.7. The number of hydrogen-bond donors (Lipinski definition) is 1. The number of non-ortho nitro benzene ring substituents is 1. The maximum atomic E-state index is 10.7. The van der Waals surface area contributed by atoms with E-state index in [1.165, 1.54) is 24.4 Å². The van der Waals surface area contributed by atoms with Crippen molar-refractivity contribution in [2.75, 3.05) is 0 Å². The van der Waals surface area contributed by atoms with Gasteiger partial charge in [-0.05, 0) is 11.6 Å². The molecule has 0 fully saturated rings. The summed E-state index contributed by atoms with van der Waals surface area (Å²) in [5, 5.41) is 19.4. The third kappa shape index (κ3) is 2.54. The van der Waals surface area contributed by atoms with Crippen LogP contribution in [0.1, 0.15) is 15.9 Å². The molecule has 92 valence electrons. The molecule has 6 nitrogen and oxygen atoms in total. The number of carboxylic acid groups (broad SMARTS) is 1. The van der Waals surface area contributed by atoms with E-state index in [9.17, 15) is 14.9 Å². The second-order valence-corrected chi connectivity index (χ2v) is 3.80. The van der Waals surface area contributed by atoms with E-state index in [-0.39, 0.29) is 11.3 Å². The minimum atomic E-state index is -0.993. The molecule has 0 aliphatic heterocycles. The van der Waals surface area contributed by atoms with Crippen molar-refractivity contribution in [1.82, 2.24) is 4.57 Å². The molecule has 0 unspecified atom stereocenters. The summed E-state index contributed by atoms with van der Waals surface area (Å²) >= 11 is 0. The summed E-state index contributed by atoms with van der Waals surface area (Å²) in [4.78, 5) is 20.9. The number of carboxylic acids is 1. The van der Waals surface area contributed by atoms with Gasteiger partial charge in [0.05, 0.1) is 10.5 Å². The maximum Gasteiger partial charge on any atom is 0.337 e. The van der Waals surface area contributed by atoms with E-state index in [2.05, 4.69) is 0 Å². The van der Waals surface area contributed by atoms with E-state index in [0.29, 0.717) is 6.54 Å². The Bertz CT molecular complexity index is 604. The first-order valence-corrected chi connectivity index (χ1v) is 5.18.